The number of amides is 1. The van der Waals surface area contributed by atoms with E-state index in [1.807, 2.05) is 13.8 Å². The highest BCUT2D eigenvalue weighted by Gasteiger charge is 2.36. The molecule has 4 rings (SSSR count). The predicted octanol–water partition coefficient (Wildman–Crippen LogP) is 5.71. The van der Waals surface area contributed by atoms with Crippen LogP contribution in [0.4, 0.5) is 24.5 Å². The highest BCUT2D eigenvalue weighted by molar-refractivity contribution is 6.08. The summed E-state index contributed by atoms with van der Waals surface area (Å²) < 4.78 is 47.2. The van der Waals surface area contributed by atoms with Crippen molar-refractivity contribution in [1.82, 2.24) is 14.6 Å². The number of halogens is 3. The summed E-state index contributed by atoms with van der Waals surface area (Å²) in [4.78, 5) is 27.8. The van der Waals surface area contributed by atoms with E-state index in [0.29, 0.717) is 10.1 Å². The molecule has 4 aromatic rings. The molecule has 1 amide bonds. The zero-order valence-electron chi connectivity index (χ0n) is 19.3. The van der Waals surface area contributed by atoms with E-state index in [1.165, 1.54) is 19.2 Å². The number of benzene rings is 2. The molecule has 0 radical (unpaired) electrons. The van der Waals surface area contributed by atoms with Crippen LogP contribution >= 0.6 is 0 Å². The number of nitro groups is 1. The van der Waals surface area contributed by atoms with Crippen molar-refractivity contribution < 1.29 is 27.6 Å². The molecule has 36 heavy (non-hydrogen) atoms. The van der Waals surface area contributed by atoms with Crippen LogP contribution < -0.4 is 10.1 Å². The molecule has 2 aromatic carbocycles. The first-order valence-corrected chi connectivity index (χ1v) is 10.7. The van der Waals surface area contributed by atoms with Crippen LogP contribution in [0.15, 0.2) is 54.7 Å². The van der Waals surface area contributed by atoms with Crippen LogP contribution in [-0.2, 0) is 6.18 Å². The fourth-order valence-electron chi connectivity index (χ4n) is 3.59. The van der Waals surface area contributed by atoms with Gasteiger partial charge in [0.2, 0.25) is 0 Å². The van der Waals surface area contributed by atoms with Gasteiger partial charge in [0.1, 0.15) is 11.3 Å². The summed E-state index contributed by atoms with van der Waals surface area (Å²) in [5.41, 5.74) is -0.537. The van der Waals surface area contributed by atoms with E-state index in [-0.39, 0.29) is 39.9 Å². The van der Waals surface area contributed by atoms with Crippen molar-refractivity contribution in [2.45, 2.75) is 25.9 Å². The Morgan fingerprint density at radius 3 is 2.42 bits per heavy atom. The molecule has 2 aromatic heterocycles. The number of hydrogen-bond donors (Lipinski definition) is 1. The molecular formula is C24H20F3N5O4. The van der Waals surface area contributed by atoms with Gasteiger partial charge in [0, 0.05) is 17.7 Å². The lowest BCUT2D eigenvalue weighted by Crippen LogP contribution is -2.16. The van der Waals surface area contributed by atoms with E-state index in [2.05, 4.69) is 15.4 Å². The number of alkyl halides is 3. The second-order valence-corrected chi connectivity index (χ2v) is 8.23. The van der Waals surface area contributed by atoms with Crippen LogP contribution in [0.3, 0.4) is 0 Å². The van der Waals surface area contributed by atoms with Crippen molar-refractivity contribution in [3.05, 3.63) is 81.7 Å². The molecule has 0 atom stereocenters. The first kappa shape index (κ1) is 24.6. The maximum absolute atomic E-state index is 13.9. The minimum absolute atomic E-state index is 0.0108. The average Bonchev–Trinajstić information content (AvgIpc) is 3.26. The third kappa shape index (κ3) is 4.83. The van der Waals surface area contributed by atoms with E-state index in [1.54, 1.807) is 24.3 Å². The molecule has 0 aliphatic rings. The van der Waals surface area contributed by atoms with Gasteiger partial charge >= 0.3 is 6.18 Å². The number of fused-ring (bicyclic) bond motifs is 1. The number of nitro benzene ring substituents is 1. The van der Waals surface area contributed by atoms with Gasteiger partial charge in [-0.1, -0.05) is 38.1 Å². The second kappa shape index (κ2) is 9.29. The quantitative estimate of drug-likeness (QED) is 0.269. The van der Waals surface area contributed by atoms with E-state index in [4.69, 9.17) is 4.74 Å². The van der Waals surface area contributed by atoms with Crippen molar-refractivity contribution >= 4 is 22.9 Å². The Labute approximate surface area is 202 Å². The Kier molecular flexibility index (Phi) is 6.35. The molecule has 186 valence electrons. The van der Waals surface area contributed by atoms with Crippen molar-refractivity contribution in [1.29, 1.82) is 0 Å². The van der Waals surface area contributed by atoms with Gasteiger partial charge in [-0.15, -0.1) is 0 Å². The SMILES string of the molecule is COc1cc(NC(=O)c2cnn3c(C(F)(F)F)cc(-c4ccc(C(C)C)cc4)nc23)cc([N+](=O)[O-])c1. The lowest BCUT2D eigenvalue weighted by Gasteiger charge is -2.12. The van der Waals surface area contributed by atoms with Gasteiger partial charge in [-0.3, -0.25) is 14.9 Å². The summed E-state index contributed by atoms with van der Waals surface area (Å²) in [6.45, 7) is 3.99. The Hall–Kier alpha value is -4.48. The first-order valence-electron chi connectivity index (χ1n) is 10.7. The van der Waals surface area contributed by atoms with Crippen LogP contribution in [0.1, 0.15) is 41.4 Å². The molecule has 0 fully saturated rings. The fraction of sp³-hybridized carbons (Fsp3) is 0.208. The fourth-order valence-corrected chi connectivity index (χ4v) is 3.59. The summed E-state index contributed by atoms with van der Waals surface area (Å²) >= 11 is 0. The van der Waals surface area contributed by atoms with Crippen LogP contribution in [0, 0.1) is 10.1 Å². The van der Waals surface area contributed by atoms with E-state index in [0.717, 1.165) is 23.9 Å². The summed E-state index contributed by atoms with van der Waals surface area (Å²) in [7, 11) is 1.30. The zero-order chi connectivity index (χ0) is 26.2. The molecule has 0 aliphatic heterocycles. The first-order chi connectivity index (χ1) is 17.0. The summed E-state index contributed by atoms with van der Waals surface area (Å²) in [5.74, 6) is -0.498. The predicted molar refractivity (Wildman–Crippen MR) is 125 cm³/mol. The molecule has 0 saturated carbocycles. The van der Waals surface area contributed by atoms with Crippen molar-refractivity contribution in [2.75, 3.05) is 12.4 Å². The molecule has 0 bridgehead atoms. The highest BCUT2D eigenvalue weighted by Crippen LogP contribution is 2.33. The van der Waals surface area contributed by atoms with Gasteiger partial charge < -0.3 is 10.1 Å². The normalized spacial score (nSPS) is 11.6. The number of rotatable bonds is 6. The largest absolute Gasteiger partial charge is 0.496 e. The third-order valence-corrected chi connectivity index (χ3v) is 5.48. The standard InChI is InChI=1S/C24H20F3N5O4/c1-13(2)14-4-6-15(7-5-14)20-11-21(24(25,26)27)31-22(30-20)19(12-28-31)23(33)29-16-8-17(32(34)35)10-18(9-16)36-3/h4-13H,1-3H3,(H,29,33). The van der Waals surface area contributed by atoms with Crippen LogP contribution in [0.5, 0.6) is 5.75 Å². The smallest absolute Gasteiger partial charge is 0.433 e. The topological polar surface area (TPSA) is 112 Å². The second-order valence-electron chi connectivity index (χ2n) is 8.23. The molecule has 1 N–H and O–H groups in total. The van der Waals surface area contributed by atoms with Gasteiger partial charge in [-0.05, 0) is 17.5 Å². The molecule has 0 unspecified atom stereocenters. The molecule has 9 nitrogen and oxygen atoms in total. The van der Waals surface area contributed by atoms with Gasteiger partial charge in [-0.2, -0.15) is 18.3 Å². The zero-order valence-corrected chi connectivity index (χ0v) is 19.3. The summed E-state index contributed by atoms with van der Waals surface area (Å²) in [5, 5.41) is 17.4. The van der Waals surface area contributed by atoms with E-state index < -0.39 is 22.7 Å². The van der Waals surface area contributed by atoms with E-state index >= 15 is 0 Å². The van der Waals surface area contributed by atoms with Crippen molar-refractivity contribution in [3.8, 4) is 17.0 Å². The van der Waals surface area contributed by atoms with Gasteiger partial charge in [0.05, 0.1) is 35.7 Å². The molecule has 2 heterocycles. The van der Waals surface area contributed by atoms with Crippen molar-refractivity contribution in [2.24, 2.45) is 0 Å². The number of carbonyl (C=O) groups is 1. The van der Waals surface area contributed by atoms with Crippen LogP contribution in [0.25, 0.3) is 16.9 Å². The number of nitrogens with one attached hydrogen (secondary N) is 1. The Bertz CT molecular complexity index is 1460. The number of ether oxygens (including phenoxy) is 1. The minimum Gasteiger partial charge on any atom is -0.496 e. The Morgan fingerprint density at radius 2 is 1.83 bits per heavy atom. The molecule has 12 heteroatoms. The number of aromatic nitrogens is 3. The highest BCUT2D eigenvalue weighted by atomic mass is 19.4. The lowest BCUT2D eigenvalue weighted by atomic mass is 10.0. The van der Waals surface area contributed by atoms with Gasteiger partial charge in [-0.25, -0.2) is 9.50 Å². The minimum atomic E-state index is -4.78. The molecule has 0 aliphatic carbocycles. The number of nitrogens with zero attached hydrogens (tertiary/aromatic N) is 4. The van der Waals surface area contributed by atoms with Gasteiger partial charge in [0.25, 0.3) is 11.6 Å². The average molecular weight is 499 g/mol. The summed E-state index contributed by atoms with van der Waals surface area (Å²) in [6.07, 6.45) is -3.81. The van der Waals surface area contributed by atoms with Crippen molar-refractivity contribution in [3.63, 3.8) is 0 Å². The number of hydrogen-bond acceptors (Lipinski definition) is 6. The van der Waals surface area contributed by atoms with Crippen LogP contribution in [-0.4, -0.2) is 32.5 Å². The molecular weight excluding hydrogens is 479 g/mol. The van der Waals surface area contributed by atoms with E-state index in [9.17, 15) is 28.1 Å². The monoisotopic (exact) mass is 499 g/mol. The number of anilines is 1. The van der Waals surface area contributed by atoms with Crippen LogP contribution in [0.2, 0.25) is 0 Å². The Morgan fingerprint density at radius 1 is 1.14 bits per heavy atom. The number of methoxy groups -OCH3 is 1. The number of carbonyl (C=O) groups excluding carboxylic acids is 1. The third-order valence-electron chi connectivity index (χ3n) is 5.48. The lowest BCUT2D eigenvalue weighted by molar-refractivity contribution is -0.384. The maximum atomic E-state index is 13.9. The Balaban J connectivity index is 1.80. The molecule has 0 spiro atoms. The molecule has 0 saturated heterocycles. The van der Waals surface area contributed by atoms with Gasteiger partial charge in [0.15, 0.2) is 11.3 Å². The maximum Gasteiger partial charge on any atom is 0.433 e. The summed E-state index contributed by atoms with van der Waals surface area (Å²) in [6, 6.07) is 11.4. The number of non-ortho nitro benzene ring substituents is 1.